The molecule has 0 saturated carbocycles. The van der Waals surface area contributed by atoms with E-state index in [0.717, 1.165) is 41.2 Å². The monoisotopic (exact) mass is 361 g/mol. The van der Waals surface area contributed by atoms with Gasteiger partial charge < -0.3 is 14.0 Å². The quantitative estimate of drug-likeness (QED) is 0.576. The number of aromatic nitrogens is 2. The molecule has 140 valence electrons. The molecule has 0 aliphatic carbocycles. The number of benzene rings is 1. The SMILES string of the molecule is C=CCOc1cccc(-c2ccn3cc(CCN4CCC[C@H]4C)nc3c2)c1. The normalized spacial score (nSPS) is 17.4. The predicted octanol–water partition coefficient (Wildman–Crippen LogP) is 4.59. The van der Waals surface area contributed by atoms with E-state index in [2.05, 4.69) is 59.5 Å². The van der Waals surface area contributed by atoms with E-state index in [1.54, 1.807) is 6.08 Å². The van der Waals surface area contributed by atoms with Gasteiger partial charge in [0.2, 0.25) is 0 Å². The summed E-state index contributed by atoms with van der Waals surface area (Å²) in [5.41, 5.74) is 4.44. The van der Waals surface area contributed by atoms with Gasteiger partial charge in [-0.2, -0.15) is 0 Å². The summed E-state index contributed by atoms with van der Waals surface area (Å²) in [7, 11) is 0. The Labute approximate surface area is 161 Å². The minimum Gasteiger partial charge on any atom is -0.490 e. The van der Waals surface area contributed by atoms with Crippen LogP contribution >= 0.6 is 0 Å². The molecule has 1 aromatic carbocycles. The minimum absolute atomic E-state index is 0.516. The van der Waals surface area contributed by atoms with Gasteiger partial charge in [-0.25, -0.2) is 4.98 Å². The molecule has 3 heterocycles. The number of ether oxygens (including phenoxy) is 1. The Morgan fingerprint density at radius 3 is 2.96 bits per heavy atom. The van der Waals surface area contributed by atoms with Crippen molar-refractivity contribution in [2.75, 3.05) is 19.7 Å². The number of hydrogen-bond donors (Lipinski definition) is 0. The molecule has 1 saturated heterocycles. The third kappa shape index (κ3) is 4.06. The standard InChI is InChI=1S/C23H27N3O/c1-3-14-27-22-8-4-7-19(15-22)20-9-12-26-17-21(24-23(26)16-20)10-13-25-11-5-6-18(25)2/h3-4,7-9,12,15-18H,1,5-6,10-11,13-14H2,2H3/t18-/m1/s1. The van der Waals surface area contributed by atoms with Crippen molar-refractivity contribution in [2.45, 2.75) is 32.2 Å². The number of fused-ring (bicyclic) bond motifs is 1. The average molecular weight is 361 g/mol. The summed E-state index contributed by atoms with van der Waals surface area (Å²) >= 11 is 0. The summed E-state index contributed by atoms with van der Waals surface area (Å²) in [5, 5.41) is 0. The zero-order valence-corrected chi connectivity index (χ0v) is 16.0. The fourth-order valence-corrected chi connectivity index (χ4v) is 3.84. The first kappa shape index (κ1) is 17.8. The van der Waals surface area contributed by atoms with Crippen molar-refractivity contribution in [3.05, 3.63) is 67.1 Å². The Hall–Kier alpha value is -2.59. The molecule has 3 aromatic rings. The first-order chi connectivity index (χ1) is 13.2. The first-order valence-corrected chi connectivity index (χ1v) is 9.79. The van der Waals surface area contributed by atoms with Gasteiger partial charge in [0.15, 0.2) is 0 Å². The lowest BCUT2D eigenvalue weighted by Crippen LogP contribution is -2.29. The second-order valence-electron chi connectivity index (χ2n) is 7.32. The lowest BCUT2D eigenvalue weighted by atomic mass is 10.1. The van der Waals surface area contributed by atoms with Crippen molar-refractivity contribution >= 4 is 5.65 Å². The topological polar surface area (TPSA) is 29.8 Å². The Bertz CT molecular complexity index is 930. The summed E-state index contributed by atoms with van der Waals surface area (Å²) in [6, 6.07) is 13.1. The second-order valence-corrected chi connectivity index (χ2v) is 7.32. The Kier molecular flexibility index (Phi) is 5.26. The zero-order chi connectivity index (χ0) is 18.6. The van der Waals surface area contributed by atoms with Crippen LogP contribution in [0.2, 0.25) is 0 Å². The van der Waals surface area contributed by atoms with Gasteiger partial charge in [-0.15, -0.1) is 0 Å². The van der Waals surface area contributed by atoms with Gasteiger partial charge in [-0.05, 0) is 61.7 Å². The van der Waals surface area contributed by atoms with Gasteiger partial charge in [0.25, 0.3) is 0 Å². The number of likely N-dealkylation sites (tertiary alicyclic amines) is 1. The molecule has 1 aliphatic heterocycles. The Morgan fingerprint density at radius 1 is 1.26 bits per heavy atom. The summed E-state index contributed by atoms with van der Waals surface area (Å²) in [6.45, 7) is 8.87. The van der Waals surface area contributed by atoms with E-state index in [1.807, 2.05) is 12.1 Å². The molecule has 0 spiro atoms. The van der Waals surface area contributed by atoms with Crippen LogP contribution in [0.15, 0.2) is 61.4 Å². The van der Waals surface area contributed by atoms with Crippen molar-refractivity contribution in [3.8, 4) is 16.9 Å². The molecule has 0 N–H and O–H groups in total. The van der Waals surface area contributed by atoms with E-state index in [0.29, 0.717) is 12.6 Å². The van der Waals surface area contributed by atoms with Crippen molar-refractivity contribution in [1.82, 2.24) is 14.3 Å². The van der Waals surface area contributed by atoms with Gasteiger partial charge in [0.05, 0.1) is 5.69 Å². The van der Waals surface area contributed by atoms with Gasteiger partial charge in [0, 0.05) is 31.4 Å². The van der Waals surface area contributed by atoms with E-state index in [-0.39, 0.29) is 0 Å². The Balaban J connectivity index is 1.51. The largest absolute Gasteiger partial charge is 0.490 e. The molecule has 0 bridgehead atoms. The van der Waals surface area contributed by atoms with E-state index in [1.165, 1.54) is 19.4 Å². The lowest BCUT2D eigenvalue weighted by Gasteiger charge is -2.19. The number of rotatable bonds is 7. The highest BCUT2D eigenvalue weighted by atomic mass is 16.5. The van der Waals surface area contributed by atoms with Crippen LogP contribution in [-0.4, -0.2) is 40.0 Å². The van der Waals surface area contributed by atoms with Crippen molar-refractivity contribution in [3.63, 3.8) is 0 Å². The van der Waals surface area contributed by atoms with Crippen LogP contribution in [0, 0.1) is 0 Å². The van der Waals surface area contributed by atoms with Crippen molar-refractivity contribution in [1.29, 1.82) is 0 Å². The third-order valence-electron chi connectivity index (χ3n) is 5.39. The highest BCUT2D eigenvalue weighted by molar-refractivity contribution is 5.68. The number of nitrogens with zero attached hydrogens (tertiary/aromatic N) is 3. The maximum Gasteiger partial charge on any atom is 0.137 e. The molecule has 0 unspecified atom stereocenters. The van der Waals surface area contributed by atoms with Crippen LogP contribution in [0.5, 0.6) is 5.75 Å². The van der Waals surface area contributed by atoms with Crippen LogP contribution in [0.4, 0.5) is 0 Å². The van der Waals surface area contributed by atoms with E-state index in [4.69, 9.17) is 9.72 Å². The number of hydrogen-bond acceptors (Lipinski definition) is 3. The van der Waals surface area contributed by atoms with Crippen LogP contribution in [0.3, 0.4) is 0 Å². The molecule has 1 aliphatic rings. The molecule has 0 radical (unpaired) electrons. The second kappa shape index (κ2) is 7.97. The first-order valence-electron chi connectivity index (χ1n) is 9.79. The maximum absolute atomic E-state index is 5.65. The molecule has 4 nitrogen and oxygen atoms in total. The van der Waals surface area contributed by atoms with Crippen molar-refractivity contribution < 1.29 is 4.74 Å². The highest BCUT2D eigenvalue weighted by Crippen LogP contribution is 2.25. The van der Waals surface area contributed by atoms with Crippen LogP contribution < -0.4 is 4.74 Å². The average Bonchev–Trinajstić information content (AvgIpc) is 3.29. The maximum atomic E-state index is 5.65. The molecule has 0 amide bonds. The van der Waals surface area contributed by atoms with E-state index in [9.17, 15) is 0 Å². The molecule has 4 rings (SSSR count). The number of imidazole rings is 1. The number of pyridine rings is 1. The molecule has 2 aromatic heterocycles. The Morgan fingerprint density at radius 2 is 2.15 bits per heavy atom. The summed E-state index contributed by atoms with van der Waals surface area (Å²) in [5.74, 6) is 0.857. The van der Waals surface area contributed by atoms with Crippen LogP contribution in [0.1, 0.15) is 25.5 Å². The molecule has 1 fully saturated rings. The summed E-state index contributed by atoms with van der Waals surface area (Å²) < 4.78 is 7.77. The van der Waals surface area contributed by atoms with Gasteiger partial charge in [-0.3, -0.25) is 0 Å². The van der Waals surface area contributed by atoms with Gasteiger partial charge >= 0.3 is 0 Å². The van der Waals surface area contributed by atoms with Gasteiger partial charge in [-0.1, -0.05) is 24.8 Å². The highest BCUT2D eigenvalue weighted by Gasteiger charge is 2.19. The molecule has 27 heavy (non-hydrogen) atoms. The molecular formula is C23H27N3O. The van der Waals surface area contributed by atoms with Crippen LogP contribution in [-0.2, 0) is 6.42 Å². The smallest absolute Gasteiger partial charge is 0.137 e. The fraction of sp³-hybridized carbons (Fsp3) is 0.348. The van der Waals surface area contributed by atoms with Gasteiger partial charge in [0.1, 0.15) is 18.0 Å². The predicted molar refractivity (Wildman–Crippen MR) is 110 cm³/mol. The van der Waals surface area contributed by atoms with E-state index < -0.39 is 0 Å². The molecular weight excluding hydrogens is 334 g/mol. The van der Waals surface area contributed by atoms with E-state index >= 15 is 0 Å². The third-order valence-corrected chi connectivity index (χ3v) is 5.39. The summed E-state index contributed by atoms with van der Waals surface area (Å²) in [4.78, 5) is 7.42. The van der Waals surface area contributed by atoms with Crippen molar-refractivity contribution in [2.24, 2.45) is 0 Å². The lowest BCUT2D eigenvalue weighted by molar-refractivity contribution is 0.271. The molecule has 4 heteroatoms. The molecule has 1 atom stereocenters. The van der Waals surface area contributed by atoms with Crippen LogP contribution in [0.25, 0.3) is 16.8 Å². The zero-order valence-electron chi connectivity index (χ0n) is 16.0. The fourth-order valence-electron chi connectivity index (χ4n) is 3.84. The minimum atomic E-state index is 0.516. The summed E-state index contributed by atoms with van der Waals surface area (Å²) in [6.07, 6.45) is 9.66.